The number of para-hydroxylation sites is 1. The van der Waals surface area contributed by atoms with Gasteiger partial charge in [0, 0.05) is 33.9 Å². The summed E-state index contributed by atoms with van der Waals surface area (Å²) in [5, 5.41) is 2.00. The minimum atomic E-state index is 0.788. The maximum atomic E-state index is 6.18. The smallest absolute Gasteiger partial charge is 0.0499 e. The third-order valence-corrected chi connectivity index (χ3v) is 4.85. The average Bonchev–Trinajstić information content (AvgIpc) is 2.90. The Morgan fingerprint density at radius 3 is 2.62 bits per heavy atom. The second kappa shape index (κ2) is 7.76. The molecular weight excluding hydrogens is 316 g/mol. The SMILES string of the molecule is CCCCCCc1cc2cc(Cl)ccc2n1Cc1ccccc1N. The molecule has 3 aromatic rings. The molecule has 1 heterocycles. The van der Waals surface area contributed by atoms with Crippen molar-refractivity contribution in [1.29, 1.82) is 0 Å². The van der Waals surface area contributed by atoms with Gasteiger partial charge in [0.25, 0.3) is 0 Å². The van der Waals surface area contributed by atoms with Gasteiger partial charge in [-0.2, -0.15) is 0 Å². The van der Waals surface area contributed by atoms with E-state index in [1.54, 1.807) is 0 Å². The highest BCUT2D eigenvalue weighted by atomic mass is 35.5. The second-order valence-corrected chi connectivity index (χ2v) is 6.87. The molecule has 2 N–H and O–H groups in total. The van der Waals surface area contributed by atoms with Crippen molar-refractivity contribution in [3.63, 3.8) is 0 Å². The molecule has 0 bridgehead atoms. The van der Waals surface area contributed by atoms with E-state index in [1.807, 2.05) is 18.2 Å². The maximum absolute atomic E-state index is 6.18. The summed E-state index contributed by atoms with van der Waals surface area (Å²) in [6, 6.07) is 16.5. The number of unbranched alkanes of at least 4 members (excludes halogenated alkanes) is 3. The van der Waals surface area contributed by atoms with Gasteiger partial charge in [0.1, 0.15) is 0 Å². The number of fused-ring (bicyclic) bond motifs is 1. The summed E-state index contributed by atoms with van der Waals surface area (Å²) < 4.78 is 2.39. The number of aromatic nitrogens is 1. The highest BCUT2D eigenvalue weighted by Gasteiger charge is 2.11. The summed E-state index contributed by atoms with van der Waals surface area (Å²) in [4.78, 5) is 0. The number of nitrogens with zero attached hydrogens (tertiary/aromatic N) is 1. The zero-order chi connectivity index (χ0) is 16.9. The van der Waals surface area contributed by atoms with Crippen molar-refractivity contribution in [3.05, 3.63) is 64.8 Å². The topological polar surface area (TPSA) is 30.9 Å². The van der Waals surface area contributed by atoms with Crippen LogP contribution in [0.15, 0.2) is 48.5 Å². The van der Waals surface area contributed by atoms with E-state index in [0.717, 1.165) is 23.7 Å². The van der Waals surface area contributed by atoms with E-state index in [9.17, 15) is 0 Å². The molecule has 1 aromatic heterocycles. The predicted octanol–water partition coefficient (Wildman–Crippen LogP) is 6.05. The Labute approximate surface area is 149 Å². The molecule has 0 saturated heterocycles. The largest absolute Gasteiger partial charge is 0.398 e. The summed E-state index contributed by atoms with van der Waals surface area (Å²) in [6.07, 6.45) is 6.17. The lowest BCUT2D eigenvalue weighted by Gasteiger charge is -2.13. The Bertz CT molecular complexity index is 820. The van der Waals surface area contributed by atoms with E-state index in [0.29, 0.717) is 0 Å². The van der Waals surface area contributed by atoms with Gasteiger partial charge in [-0.05, 0) is 48.7 Å². The summed E-state index contributed by atoms with van der Waals surface area (Å²) in [6.45, 7) is 3.05. The van der Waals surface area contributed by atoms with E-state index in [4.69, 9.17) is 17.3 Å². The second-order valence-electron chi connectivity index (χ2n) is 6.43. The fourth-order valence-electron chi connectivity index (χ4n) is 3.27. The van der Waals surface area contributed by atoms with Gasteiger partial charge in [-0.25, -0.2) is 0 Å². The molecule has 0 aliphatic heterocycles. The Balaban J connectivity index is 1.94. The molecule has 0 atom stereocenters. The maximum Gasteiger partial charge on any atom is 0.0499 e. The lowest BCUT2D eigenvalue weighted by atomic mass is 10.1. The van der Waals surface area contributed by atoms with Crippen LogP contribution in [-0.2, 0) is 13.0 Å². The number of nitrogens with two attached hydrogens (primary N) is 1. The van der Waals surface area contributed by atoms with Gasteiger partial charge in [0.05, 0.1) is 0 Å². The quantitative estimate of drug-likeness (QED) is 0.412. The molecule has 0 unspecified atom stereocenters. The van der Waals surface area contributed by atoms with Gasteiger partial charge < -0.3 is 10.3 Å². The van der Waals surface area contributed by atoms with Crippen LogP contribution < -0.4 is 5.73 Å². The van der Waals surface area contributed by atoms with Crippen molar-refractivity contribution in [2.75, 3.05) is 5.73 Å². The minimum Gasteiger partial charge on any atom is -0.398 e. The van der Waals surface area contributed by atoms with E-state index in [1.165, 1.54) is 47.8 Å². The third-order valence-electron chi connectivity index (χ3n) is 4.62. The molecule has 0 amide bonds. The fourth-order valence-corrected chi connectivity index (χ4v) is 3.45. The number of anilines is 1. The molecule has 0 spiro atoms. The zero-order valence-electron chi connectivity index (χ0n) is 14.3. The Kier molecular flexibility index (Phi) is 5.47. The van der Waals surface area contributed by atoms with Gasteiger partial charge in [0.2, 0.25) is 0 Å². The van der Waals surface area contributed by atoms with E-state index in [-0.39, 0.29) is 0 Å². The van der Waals surface area contributed by atoms with Crippen LogP contribution in [0.3, 0.4) is 0 Å². The highest BCUT2D eigenvalue weighted by molar-refractivity contribution is 6.31. The normalized spacial score (nSPS) is 11.2. The lowest BCUT2D eigenvalue weighted by Crippen LogP contribution is -2.06. The first-order valence-electron chi connectivity index (χ1n) is 8.80. The number of benzene rings is 2. The number of halogens is 1. The van der Waals surface area contributed by atoms with E-state index >= 15 is 0 Å². The molecule has 126 valence electrons. The van der Waals surface area contributed by atoms with Crippen molar-refractivity contribution >= 4 is 28.2 Å². The zero-order valence-corrected chi connectivity index (χ0v) is 15.0. The number of rotatable bonds is 7. The average molecular weight is 341 g/mol. The summed E-state index contributed by atoms with van der Waals surface area (Å²) >= 11 is 6.18. The molecule has 3 rings (SSSR count). The molecule has 0 aliphatic carbocycles. The van der Waals surface area contributed by atoms with Crippen LogP contribution in [0.1, 0.15) is 43.9 Å². The first-order valence-corrected chi connectivity index (χ1v) is 9.18. The van der Waals surface area contributed by atoms with E-state index in [2.05, 4.69) is 41.8 Å². The molecule has 24 heavy (non-hydrogen) atoms. The van der Waals surface area contributed by atoms with Crippen molar-refractivity contribution < 1.29 is 0 Å². The van der Waals surface area contributed by atoms with Crippen LogP contribution in [-0.4, -0.2) is 4.57 Å². The predicted molar refractivity (Wildman–Crippen MR) is 105 cm³/mol. The van der Waals surface area contributed by atoms with Crippen molar-refractivity contribution in [1.82, 2.24) is 4.57 Å². The Morgan fingerprint density at radius 2 is 1.83 bits per heavy atom. The number of hydrogen-bond acceptors (Lipinski definition) is 1. The highest BCUT2D eigenvalue weighted by Crippen LogP contribution is 2.26. The summed E-state index contributed by atoms with van der Waals surface area (Å²) in [5.74, 6) is 0. The molecular formula is C21H25ClN2. The van der Waals surface area contributed by atoms with Crippen molar-refractivity contribution in [2.24, 2.45) is 0 Å². The molecule has 0 radical (unpaired) electrons. The summed E-state index contributed by atoms with van der Waals surface area (Å²) in [5.41, 5.74) is 10.8. The number of hydrogen-bond donors (Lipinski definition) is 1. The fraction of sp³-hybridized carbons (Fsp3) is 0.333. The molecule has 2 nitrogen and oxygen atoms in total. The number of aryl methyl sites for hydroxylation is 1. The summed E-state index contributed by atoms with van der Waals surface area (Å²) in [7, 11) is 0. The van der Waals surface area contributed by atoms with Crippen molar-refractivity contribution in [3.8, 4) is 0 Å². The van der Waals surface area contributed by atoms with Gasteiger partial charge in [-0.1, -0.05) is 56.0 Å². The standard InChI is InChI=1S/C21H25ClN2/c1-2-3-4-5-9-19-14-17-13-18(22)11-12-21(17)24(19)15-16-8-6-7-10-20(16)23/h6-8,10-14H,2-5,9,15,23H2,1H3. The van der Waals surface area contributed by atoms with Crippen LogP contribution >= 0.6 is 11.6 Å². The molecule has 0 fully saturated rings. The Morgan fingerprint density at radius 1 is 1.00 bits per heavy atom. The molecule has 0 aliphatic rings. The Hall–Kier alpha value is -1.93. The van der Waals surface area contributed by atoms with Crippen LogP contribution in [0, 0.1) is 0 Å². The minimum absolute atomic E-state index is 0.788. The molecule has 2 aromatic carbocycles. The first kappa shape index (κ1) is 16.9. The number of nitrogen functional groups attached to an aromatic ring is 1. The van der Waals surface area contributed by atoms with Crippen LogP contribution in [0.4, 0.5) is 5.69 Å². The first-order chi connectivity index (χ1) is 11.7. The van der Waals surface area contributed by atoms with Crippen LogP contribution in [0.25, 0.3) is 10.9 Å². The lowest BCUT2D eigenvalue weighted by molar-refractivity contribution is 0.643. The van der Waals surface area contributed by atoms with Crippen LogP contribution in [0.2, 0.25) is 5.02 Å². The monoisotopic (exact) mass is 340 g/mol. The van der Waals surface area contributed by atoms with Crippen molar-refractivity contribution in [2.45, 2.75) is 45.6 Å². The van der Waals surface area contributed by atoms with Gasteiger partial charge >= 0.3 is 0 Å². The van der Waals surface area contributed by atoms with Gasteiger partial charge in [0.15, 0.2) is 0 Å². The van der Waals surface area contributed by atoms with Gasteiger partial charge in [-0.3, -0.25) is 0 Å². The third kappa shape index (κ3) is 3.76. The van der Waals surface area contributed by atoms with Crippen LogP contribution in [0.5, 0.6) is 0 Å². The van der Waals surface area contributed by atoms with E-state index < -0.39 is 0 Å². The van der Waals surface area contributed by atoms with Gasteiger partial charge in [-0.15, -0.1) is 0 Å². The molecule has 0 saturated carbocycles. The molecule has 3 heteroatoms.